The van der Waals surface area contributed by atoms with Gasteiger partial charge in [0.05, 0.1) is 10.6 Å². The molecule has 0 saturated carbocycles. The maximum absolute atomic E-state index is 11.5. The summed E-state index contributed by atoms with van der Waals surface area (Å²) in [6, 6.07) is 16.2. The van der Waals surface area contributed by atoms with Gasteiger partial charge in [0.25, 0.3) is 0 Å². The van der Waals surface area contributed by atoms with Crippen molar-refractivity contribution in [3.63, 3.8) is 0 Å². The first-order valence-corrected chi connectivity index (χ1v) is 12.5. The summed E-state index contributed by atoms with van der Waals surface area (Å²) in [7, 11) is -3.79. The third-order valence-electron chi connectivity index (χ3n) is 4.64. The van der Waals surface area contributed by atoms with E-state index in [1.54, 1.807) is 12.1 Å². The van der Waals surface area contributed by atoms with Gasteiger partial charge in [-0.1, -0.05) is 63.7 Å². The normalized spacial score (nSPS) is 11.6. The molecule has 0 amide bonds. The zero-order chi connectivity index (χ0) is 23.5. The number of benzene rings is 2. The van der Waals surface area contributed by atoms with Gasteiger partial charge in [0.15, 0.2) is 11.0 Å². The van der Waals surface area contributed by atoms with Crippen molar-refractivity contribution in [1.82, 2.24) is 9.97 Å². The van der Waals surface area contributed by atoms with Gasteiger partial charge in [-0.2, -0.15) is 5.26 Å². The van der Waals surface area contributed by atoms with Crippen LogP contribution in [0.1, 0.15) is 44.7 Å². The molecule has 0 aliphatic rings. The number of sulfonamides is 1. The zero-order valence-corrected chi connectivity index (χ0v) is 20.0. The second kappa shape index (κ2) is 9.69. The molecule has 0 radical (unpaired) electrons. The average molecular weight is 468 g/mol. The molecule has 0 fully saturated rings. The summed E-state index contributed by atoms with van der Waals surface area (Å²) in [5.41, 5.74) is 3.46. The van der Waals surface area contributed by atoms with Crippen LogP contribution >= 0.6 is 11.8 Å². The Morgan fingerprint density at radius 2 is 1.62 bits per heavy atom. The first-order valence-electron chi connectivity index (χ1n) is 10.1. The lowest BCUT2D eigenvalue weighted by Crippen LogP contribution is -2.12. The molecule has 3 rings (SSSR count). The summed E-state index contributed by atoms with van der Waals surface area (Å²) >= 11 is 1.50. The van der Waals surface area contributed by atoms with E-state index in [1.807, 2.05) is 38.1 Å². The van der Waals surface area contributed by atoms with Crippen molar-refractivity contribution in [2.75, 3.05) is 5.32 Å². The van der Waals surface area contributed by atoms with Gasteiger partial charge in [-0.05, 0) is 35.7 Å². The fourth-order valence-corrected chi connectivity index (χ4v) is 4.22. The van der Waals surface area contributed by atoms with Gasteiger partial charge in [-0.3, -0.25) is 0 Å². The third kappa shape index (κ3) is 5.65. The Hall–Kier alpha value is -2.93. The number of hydrogen-bond donors (Lipinski definition) is 2. The van der Waals surface area contributed by atoms with Crippen LogP contribution in [0.25, 0.3) is 11.3 Å². The molecule has 1 heterocycles. The van der Waals surface area contributed by atoms with E-state index in [1.165, 1.54) is 29.5 Å². The number of aromatic nitrogens is 2. The molecule has 3 N–H and O–H groups in total. The van der Waals surface area contributed by atoms with Gasteiger partial charge < -0.3 is 5.32 Å². The summed E-state index contributed by atoms with van der Waals surface area (Å²) in [6.07, 6.45) is 0. The SMILES string of the molecule is CC(C)Sc1nc(Nc2ccc(S(N)(=O)=O)cc2)c(C#N)c(-c2ccc(C(C)C)cc2)n1. The van der Waals surface area contributed by atoms with Crippen LogP contribution in [0.15, 0.2) is 58.6 Å². The van der Waals surface area contributed by atoms with Gasteiger partial charge in [-0.25, -0.2) is 23.5 Å². The van der Waals surface area contributed by atoms with Crippen molar-refractivity contribution in [3.8, 4) is 17.3 Å². The molecule has 1 aromatic heterocycles. The molecular formula is C23H25N5O2S2. The van der Waals surface area contributed by atoms with Crippen LogP contribution in [0.2, 0.25) is 0 Å². The van der Waals surface area contributed by atoms with E-state index in [0.717, 1.165) is 5.56 Å². The van der Waals surface area contributed by atoms with Gasteiger partial charge in [0, 0.05) is 16.5 Å². The topological polar surface area (TPSA) is 122 Å². The highest BCUT2D eigenvalue weighted by atomic mass is 32.2. The fourth-order valence-electron chi connectivity index (χ4n) is 3.00. The molecule has 0 aliphatic heterocycles. The molecule has 0 unspecified atom stereocenters. The molecule has 166 valence electrons. The second-order valence-corrected chi connectivity index (χ2v) is 10.9. The molecule has 2 aromatic carbocycles. The van der Waals surface area contributed by atoms with E-state index in [-0.39, 0.29) is 10.1 Å². The van der Waals surface area contributed by atoms with Crippen molar-refractivity contribution < 1.29 is 8.42 Å². The predicted octanol–water partition coefficient (Wildman–Crippen LogP) is 5.03. The first-order chi connectivity index (χ1) is 15.1. The van der Waals surface area contributed by atoms with Crippen LogP contribution < -0.4 is 10.5 Å². The summed E-state index contributed by atoms with van der Waals surface area (Å²) in [5, 5.41) is 19.0. The smallest absolute Gasteiger partial charge is 0.238 e. The van der Waals surface area contributed by atoms with Crippen molar-refractivity contribution in [1.29, 1.82) is 5.26 Å². The lowest BCUT2D eigenvalue weighted by Gasteiger charge is -2.14. The highest BCUT2D eigenvalue weighted by Gasteiger charge is 2.18. The number of hydrogen-bond acceptors (Lipinski definition) is 7. The summed E-state index contributed by atoms with van der Waals surface area (Å²) in [6.45, 7) is 8.34. The Bertz CT molecular complexity index is 1250. The molecule has 0 aliphatic carbocycles. The van der Waals surface area contributed by atoms with Crippen LogP contribution in [-0.4, -0.2) is 23.6 Å². The Balaban J connectivity index is 2.08. The largest absolute Gasteiger partial charge is 0.339 e. The Kier molecular flexibility index (Phi) is 7.19. The molecule has 0 saturated heterocycles. The van der Waals surface area contributed by atoms with Crippen LogP contribution in [-0.2, 0) is 10.0 Å². The van der Waals surface area contributed by atoms with Crippen molar-refractivity contribution in [3.05, 3.63) is 59.7 Å². The van der Waals surface area contributed by atoms with Gasteiger partial charge in [0.2, 0.25) is 10.0 Å². The highest BCUT2D eigenvalue weighted by molar-refractivity contribution is 7.99. The van der Waals surface area contributed by atoms with E-state index in [0.29, 0.717) is 33.8 Å². The first kappa shape index (κ1) is 23.7. The van der Waals surface area contributed by atoms with E-state index in [2.05, 4.69) is 35.2 Å². The number of primary sulfonamides is 1. The molecule has 7 nitrogen and oxygen atoms in total. The number of nitrogens with one attached hydrogen (secondary N) is 1. The molecule has 9 heteroatoms. The summed E-state index contributed by atoms with van der Waals surface area (Å²) in [4.78, 5) is 9.24. The van der Waals surface area contributed by atoms with Crippen LogP contribution in [0.3, 0.4) is 0 Å². The lowest BCUT2D eigenvalue weighted by molar-refractivity contribution is 0.598. The molecule has 3 aromatic rings. The second-order valence-electron chi connectivity index (χ2n) is 7.83. The van der Waals surface area contributed by atoms with E-state index in [4.69, 9.17) is 5.14 Å². The number of anilines is 2. The summed E-state index contributed by atoms with van der Waals surface area (Å²) < 4.78 is 23.0. The van der Waals surface area contributed by atoms with E-state index in [9.17, 15) is 13.7 Å². The predicted molar refractivity (Wildman–Crippen MR) is 128 cm³/mol. The number of nitrogens with two attached hydrogens (primary N) is 1. The van der Waals surface area contributed by atoms with Crippen LogP contribution in [0, 0.1) is 11.3 Å². The quantitative estimate of drug-likeness (QED) is 0.369. The average Bonchev–Trinajstić information content (AvgIpc) is 2.73. The van der Waals surface area contributed by atoms with Crippen molar-refractivity contribution in [2.45, 2.75) is 48.9 Å². The minimum atomic E-state index is -3.79. The molecule has 0 spiro atoms. The fraction of sp³-hybridized carbons (Fsp3) is 0.261. The minimum Gasteiger partial charge on any atom is -0.339 e. The maximum atomic E-state index is 11.5. The van der Waals surface area contributed by atoms with Gasteiger partial charge in [-0.15, -0.1) is 0 Å². The molecule has 32 heavy (non-hydrogen) atoms. The molecular weight excluding hydrogens is 442 g/mol. The lowest BCUT2D eigenvalue weighted by atomic mass is 9.99. The van der Waals surface area contributed by atoms with Gasteiger partial charge in [0.1, 0.15) is 11.6 Å². The number of nitrogens with zero attached hydrogens (tertiary/aromatic N) is 3. The van der Waals surface area contributed by atoms with Crippen molar-refractivity contribution >= 4 is 33.3 Å². The third-order valence-corrected chi connectivity index (χ3v) is 6.43. The van der Waals surface area contributed by atoms with Crippen molar-refractivity contribution in [2.24, 2.45) is 5.14 Å². The Labute approximate surface area is 193 Å². The number of rotatable bonds is 7. The zero-order valence-electron chi connectivity index (χ0n) is 18.3. The van der Waals surface area contributed by atoms with Gasteiger partial charge >= 0.3 is 0 Å². The van der Waals surface area contributed by atoms with E-state index >= 15 is 0 Å². The Morgan fingerprint density at radius 1 is 1.00 bits per heavy atom. The molecule has 0 bridgehead atoms. The number of thioether (sulfide) groups is 1. The summed E-state index contributed by atoms with van der Waals surface area (Å²) in [5.74, 6) is 0.756. The molecule has 0 atom stereocenters. The Morgan fingerprint density at radius 3 is 2.12 bits per heavy atom. The standard InChI is InChI=1S/C23H25N5O2S2/c1-14(2)16-5-7-17(8-6-16)21-20(13-24)22(28-23(27-21)31-15(3)4)26-18-9-11-19(12-10-18)32(25,29)30/h5-12,14-15H,1-4H3,(H2,25,29,30)(H,26,27,28). The maximum Gasteiger partial charge on any atom is 0.238 e. The van der Waals surface area contributed by atoms with Crippen LogP contribution in [0.4, 0.5) is 11.5 Å². The number of nitriles is 1. The van der Waals surface area contributed by atoms with E-state index < -0.39 is 10.0 Å². The monoisotopic (exact) mass is 467 g/mol. The highest BCUT2D eigenvalue weighted by Crippen LogP contribution is 2.32. The van der Waals surface area contributed by atoms with Crippen LogP contribution in [0.5, 0.6) is 0 Å². The minimum absolute atomic E-state index is 0.00762.